The second-order valence-corrected chi connectivity index (χ2v) is 4.62. The van der Waals surface area contributed by atoms with E-state index in [4.69, 9.17) is 10.5 Å². The van der Waals surface area contributed by atoms with Gasteiger partial charge < -0.3 is 10.5 Å². The van der Waals surface area contributed by atoms with Gasteiger partial charge >= 0.3 is 6.01 Å². The normalized spacial score (nSPS) is 10.7. The Morgan fingerprint density at radius 1 is 1.15 bits per heavy atom. The predicted molar refractivity (Wildman–Crippen MR) is 78.7 cm³/mol. The maximum Gasteiger partial charge on any atom is 0.322 e. The Morgan fingerprint density at radius 2 is 2.00 bits per heavy atom. The zero-order chi connectivity index (χ0) is 13.9. The summed E-state index contributed by atoms with van der Waals surface area (Å²) in [4.78, 5) is 8.64. The maximum atomic E-state index is 5.78. The van der Waals surface area contributed by atoms with Crippen molar-refractivity contribution in [2.24, 2.45) is 5.73 Å². The van der Waals surface area contributed by atoms with E-state index >= 15 is 0 Å². The summed E-state index contributed by atoms with van der Waals surface area (Å²) in [5.74, 6) is 0.739. The van der Waals surface area contributed by atoms with Crippen molar-refractivity contribution in [1.82, 2.24) is 9.97 Å². The number of nitrogens with two attached hydrogens (primary N) is 1. The van der Waals surface area contributed by atoms with Crippen molar-refractivity contribution in [3.8, 4) is 11.8 Å². The Balaban J connectivity index is 1.96. The van der Waals surface area contributed by atoms with Crippen LogP contribution in [0.15, 0.2) is 48.7 Å². The van der Waals surface area contributed by atoms with Gasteiger partial charge in [0.2, 0.25) is 0 Å². The summed E-state index contributed by atoms with van der Waals surface area (Å²) in [7, 11) is 0. The first-order valence-corrected chi connectivity index (χ1v) is 6.45. The van der Waals surface area contributed by atoms with Crippen molar-refractivity contribution in [2.75, 3.05) is 0 Å². The molecule has 0 aliphatic heterocycles. The lowest BCUT2D eigenvalue weighted by Gasteiger charge is -2.09. The molecule has 3 aromatic rings. The van der Waals surface area contributed by atoms with E-state index in [0.717, 1.165) is 27.8 Å². The number of fused-ring (bicyclic) bond motifs is 1. The van der Waals surface area contributed by atoms with Gasteiger partial charge in [-0.15, -0.1) is 0 Å². The van der Waals surface area contributed by atoms with Gasteiger partial charge in [0.05, 0.1) is 5.52 Å². The highest BCUT2D eigenvalue weighted by molar-refractivity contribution is 5.77. The molecule has 3 rings (SSSR count). The molecule has 2 N–H and O–H groups in total. The lowest BCUT2D eigenvalue weighted by Crippen LogP contribution is -1.98. The summed E-state index contributed by atoms with van der Waals surface area (Å²) in [6.45, 7) is 2.46. The smallest absolute Gasteiger partial charge is 0.322 e. The van der Waals surface area contributed by atoms with Gasteiger partial charge in [0.1, 0.15) is 5.75 Å². The number of aryl methyl sites for hydroxylation is 1. The van der Waals surface area contributed by atoms with Crippen molar-refractivity contribution < 1.29 is 4.74 Å². The van der Waals surface area contributed by atoms with E-state index in [1.54, 1.807) is 6.20 Å². The number of hydrogen-bond donors (Lipinski definition) is 1. The zero-order valence-electron chi connectivity index (χ0n) is 11.2. The van der Waals surface area contributed by atoms with Crippen LogP contribution in [-0.4, -0.2) is 9.97 Å². The summed E-state index contributed by atoms with van der Waals surface area (Å²) in [6, 6.07) is 14.1. The van der Waals surface area contributed by atoms with Gasteiger partial charge in [0.25, 0.3) is 0 Å². The Bertz CT molecular complexity index is 756. The third-order valence-electron chi connectivity index (χ3n) is 3.16. The molecule has 2 aromatic carbocycles. The van der Waals surface area contributed by atoms with Gasteiger partial charge in [-0.2, -0.15) is 4.98 Å². The molecule has 0 saturated heterocycles. The molecule has 0 amide bonds. The van der Waals surface area contributed by atoms with Crippen LogP contribution in [0.4, 0.5) is 0 Å². The first kappa shape index (κ1) is 12.6. The molecule has 0 unspecified atom stereocenters. The summed E-state index contributed by atoms with van der Waals surface area (Å²) in [5, 5.41) is 0.993. The molecule has 0 radical (unpaired) electrons. The fourth-order valence-electron chi connectivity index (χ4n) is 1.98. The third kappa shape index (κ3) is 2.46. The molecular formula is C16H15N3O. The molecule has 0 saturated carbocycles. The van der Waals surface area contributed by atoms with E-state index in [1.165, 1.54) is 0 Å². The van der Waals surface area contributed by atoms with Crippen molar-refractivity contribution in [3.63, 3.8) is 0 Å². The van der Waals surface area contributed by atoms with Crippen LogP contribution >= 0.6 is 0 Å². The van der Waals surface area contributed by atoms with Crippen LogP contribution in [-0.2, 0) is 6.54 Å². The summed E-state index contributed by atoms with van der Waals surface area (Å²) < 4.78 is 5.78. The largest absolute Gasteiger partial charge is 0.424 e. The van der Waals surface area contributed by atoms with E-state index in [1.807, 2.05) is 49.4 Å². The van der Waals surface area contributed by atoms with Crippen molar-refractivity contribution >= 4 is 10.9 Å². The second kappa shape index (κ2) is 5.27. The van der Waals surface area contributed by atoms with Crippen LogP contribution in [0.1, 0.15) is 11.1 Å². The van der Waals surface area contributed by atoms with E-state index in [9.17, 15) is 0 Å². The highest BCUT2D eigenvalue weighted by Crippen LogP contribution is 2.24. The van der Waals surface area contributed by atoms with E-state index in [2.05, 4.69) is 9.97 Å². The van der Waals surface area contributed by atoms with Crippen molar-refractivity contribution in [2.45, 2.75) is 13.5 Å². The molecule has 0 fully saturated rings. The van der Waals surface area contributed by atoms with Crippen molar-refractivity contribution in [3.05, 3.63) is 59.8 Å². The minimum atomic E-state index is 0.348. The molecule has 0 aliphatic carbocycles. The van der Waals surface area contributed by atoms with Crippen LogP contribution in [0, 0.1) is 6.92 Å². The van der Waals surface area contributed by atoms with Gasteiger partial charge in [-0.05, 0) is 30.2 Å². The van der Waals surface area contributed by atoms with Crippen LogP contribution in [0.2, 0.25) is 0 Å². The van der Waals surface area contributed by atoms with Crippen LogP contribution in [0.3, 0.4) is 0 Å². The molecular weight excluding hydrogens is 250 g/mol. The fraction of sp³-hybridized carbons (Fsp3) is 0.125. The highest BCUT2D eigenvalue weighted by Gasteiger charge is 2.06. The first-order valence-electron chi connectivity index (χ1n) is 6.45. The quantitative estimate of drug-likeness (QED) is 0.790. The average molecular weight is 265 g/mol. The highest BCUT2D eigenvalue weighted by atomic mass is 16.5. The number of aromatic nitrogens is 2. The SMILES string of the molecule is Cc1ccc(CN)cc1Oc1ncc2ccccc2n1. The number of nitrogens with zero attached hydrogens (tertiary/aromatic N) is 2. The molecule has 1 heterocycles. The first-order chi connectivity index (χ1) is 9.76. The Hall–Kier alpha value is -2.46. The molecule has 4 heteroatoms. The molecule has 0 bridgehead atoms. The number of ether oxygens (including phenoxy) is 1. The number of rotatable bonds is 3. The molecule has 20 heavy (non-hydrogen) atoms. The Labute approximate surface area is 117 Å². The summed E-state index contributed by atoms with van der Waals surface area (Å²) >= 11 is 0. The van der Waals surface area contributed by atoms with Gasteiger partial charge in [0.15, 0.2) is 0 Å². The lowest BCUT2D eigenvalue weighted by atomic mass is 10.1. The standard InChI is InChI=1S/C16H15N3O/c1-11-6-7-12(9-17)8-15(11)20-16-18-10-13-4-2-3-5-14(13)19-16/h2-8,10H,9,17H2,1H3. The minimum Gasteiger partial charge on any atom is -0.424 e. The van der Waals surface area contributed by atoms with Gasteiger partial charge in [0, 0.05) is 18.1 Å². The average Bonchev–Trinajstić information content (AvgIpc) is 2.49. The van der Waals surface area contributed by atoms with Crippen molar-refractivity contribution in [1.29, 1.82) is 0 Å². The summed E-state index contributed by atoms with van der Waals surface area (Å²) in [6.07, 6.45) is 1.76. The molecule has 0 spiro atoms. The number of benzene rings is 2. The fourth-order valence-corrected chi connectivity index (χ4v) is 1.98. The maximum absolute atomic E-state index is 5.78. The van der Waals surface area contributed by atoms with Gasteiger partial charge in [-0.25, -0.2) is 4.98 Å². The van der Waals surface area contributed by atoms with E-state index in [-0.39, 0.29) is 0 Å². The number of para-hydroxylation sites is 1. The van der Waals surface area contributed by atoms with Crippen LogP contribution in [0.5, 0.6) is 11.8 Å². The summed E-state index contributed by atoms with van der Waals surface area (Å²) in [5.41, 5.74) is 8.56. The van der Waals surface area contributed by atoms with E-state index < -0.39 is 0 Å². The molecule has 0 aliphatic rings. The second-order valence-electron chi connectivity index (χ2n) is 4.62. The van der Waals surface area contributed by atoms with Crippen LogP contribution < -0.4 is 10.5 Å². The van der Waals surface area contributed by atoms with E-state index in [0.29, 0.717) is 12.6 Å². The number of hydrogen-bond acceptors (Lipinski definition) is 4. The van der Waals surface area contributed by atoms with Crippen LogP contribution in [0.25, 0.3) is 10.9 Å². The monoisotopic (exact) mass is 265 g/mol. The van der Waals surface area contributed by atoms with Gasteiger partial charge in [-0.1, -0.05) is 30.3 Å². The Morgan fingerprint density at radius 3 is 2.85 bits per heavy atom. The topological polar surface area (TPSA) is 61.0 Å². The third-order valence-corrected chi connectivity index (χ3v) is 3.16. The molecule has 0 atom stereocenters. The molecule has 1 aromatic heterocycles. The molecule has 4 nitrogen and oxygen atoms in total. The van der Waals surface area contributed by atoms with Gasteiger partial charge in [-0.3, -0.25) is 0 Å². The lowest BCUT2D eigenvalue weighted by molar-refractivity contribution is 0.440. The predicted octanol–water partition coefficient (Wildman–Crippen LogP) is 3.19. The minimum absolute atomic E-state index is 0.348. The Kier molecular flexibility index (Phi) is 3.31. The molecule has 100 valence electrons. The zero-order valence-corrected chi connectivity index (χ0v) is 11.2.